The number of aryl methyl sites for hydroxylation is 2. The Kier molecular flexibility index (Phi) is 4.52. The molecular weight excluding hydrogens is 317 g/mol. The molecule has 7 heteroatoms. The second-order valence-electron chi connectivity index (χ2n) is 4.27. The fraction of sp³-hybridized carbons (Fsp3) is 0.231. The summed E-state index contributed by atoms with van der Waals surface area (Å²) in [4.78, 5) is 0.255. The van der Waals surface area contributed by atoms with Crippen LogP contribution in [0.15, 0.2) is 18.2 Å². The number of rotatable bonds is 4. The molecule has 0 unspecified atom stereocenters. The van der Waals surface area contributed by atoms with Crippen molar-refractivity contribution in [1.29, 1.82) is 0 Å². The first-order valence-electron chi connectivity index (χ1n) is 5.80. The van der Waals surface area contributed by atoms with Gasteiger partial charge >= 0.3 is 0 Å². The van der Waals surface area contributed by atoms with Gasteiger partial charge in [0, 0.05) is 17.6 Å². The highest BCUT2D eigenvalue weighted by atomic mass is 35.5. The number of nitrogens with zero attached hydrogens (tertiary/aromatic N) is 2. The molecule has 2 aromatic rings. The first-order chi connectivity index (χ1) is 9.40. The van der Waals surface area contributed by atoms with Crippen molar-refractivity contribution in [2.45, 2.75) is 13.5 Å². The lowest BCUT2D eigenvalue weighted by atomic mass is 10.2. The zero-order valence-corrected chi connectivity index (χ0v) is 13.3. The minimum absolute atomic E-state index is 0.255. The Labute approximate surface area is 132 Å². The molecule has 1 heterocycles. The summed E-state index contributed by atoms with van der Waals surface area (Å²) in [5, 5.41) is 5.32. The lowest BCUT2D eigenvalue weighted by molar-refractivity contribution is 0.305. The molecular formula is C13H13Cl2N3OS. The third-order valence-corrected chi connectivity index (χ3v) is 3.78. The molecule has 2 rings (SSSR count). The smallest absolute Gasteiger partial charge is 0.133 e. The van der Waals surface area contributed by atoms with Gasteiger partial charge in [-0.1, -0.05) is 35.4 Å². The highest BCUT2D eigenvalue weighted by molar-refractivity contribution is 7.80. The van der Waals surface area contributed by atoms with Gasteiger partial charge in [0.1, 0.15) is 22.5 Å². The molecule has 20 heavy (non-hydrogen) atoms. The molecule has 2 N–H and O–H groups in total. The van der Waals surface area contributed by atoms with E-state index in [1.54, 1.807) is 29.9 Å². The Hall–Kier alpha value is -1.30. The number of hydrogen-bond donors (Lipinski definition) is 1. The van der Waals surface area contributed by atoms with E-state index in [0.29, 0.717) is 21.5 Å². The lowest BCUT2D eigenvalue weighted by Gasteiger charge is -2.11. The van der Waals surface area contributed by atoms with Gasteiger partial charge in [0.25, 0.3) is 0 Å². The summed E-state index contributed by atoms with van der Waals surface area (Å²) >= 11 is 17.1. The standard InChI is InChI=1S/C13H13Cl2N3OS/c1-7-10(12(15)18(2)17-7)6-19-11-5-8(14)3-4-9(11)13(16)20/h3-5H,6H2,1-2H3,(H2,16,20). The Morgan fingerprint density at radius 2 is 2.15 bits per heavy atom. The molecule has 0 atom stereocenters. The molecule has 0 amide bonds. The molecule has 0 fully saturated rings. The van der Waals surface area contributed by atoms with Gasteiger partial charge in [-0.05, 0) is 25.1 Å². The summed E-state index contributed by atoms with van der Waals surface area (Å²) in [6.07, 6.45) is 0. The quantitative estimate of drug-likeness (QED) is 0.875. The zero-order valence-electron chi connectivity index (χ0n) is 11.0. The molecule has 0 aliphatic rings. The van der Waals surface area contributed by atoms with Crippen LogP contribution in [0.4, 0.5) is 0 Å². The highest BCUT2D eigenvalue weighted by Crippen LogP contribution is 2.26. The SMILES string of the molecule is Cc1nn(C)c(Cl)c1COc1cc(Cl)ccc1C(N)=S. The number of ether oxygens (including phenoxy) is 1. The summed E-state index contributed by atoms with van der Waals surface area (Å²) in [5.41, 5.74) is 7.94. The van der Waals surface area contributed by atoms with Crippen LogP contribution < -0.4 is 10.5 Å². The van der Waals surface area contributed by atoms with Gasteiger partial charge < -0.3 is 10.5 Å². The van der Waals surface area contributed by atoms with E-state index in [1.165, 1.54) is 0 Å². The predicted molar refractivity (Wildman–Crippen MR) is 84.6 cm³/mol. The van der Waals surface area contributed by atoms with Crippen molar-refractivity contribution in [2.24, 2.45) is 12.8 Å². The maximum absolute atomic E-state index is 6.16. The summed E-state index contributed by atoms with van der Waals surface area (Å²) in [6, 6.07) is 5.12. The van der Waals surface area contributed by atoms with E-state index in [9.17, 15) is 0 Å². The topological polar surface area (TPSA) is 53.1 Å². The molecule has 0 radical (unpaired) electrons. The van der Waals surface area contributed by atoms with E-state index in [0.717, 1.165) is 11.3 Å². The van der Waals surface area contributed by atoms with Gasteiger partial charge in [-0.15, -0.1) is 0 Å². The molecule has 1 aromatic heterocycles. The fourth-order valence-corrected chi connectivity index (χ4v) is 2.37. The maximum atomic E-state index is 6.16. The van der Waals surface area contributed by atoms with E-state index in [2.05, 4.69) is 5.10 Å². The molecule has 106 valence electrons. The summed E-state index contributed by atoms with van der Waals surface area (Å²) in [7, 11) is 1.78. The fourth-order valence-electron chi connectivity index (χ4n) is 1.81. The first-order valence-corrected chi connectivity index (χ1v) is 6.96. The molecule has 0 aliphatic carbocycles. The Bertz CT molecular complexity index is 670. The number of benzene rings is 1. The van der Waals surface area contributed by atoms with Crippen molar-refractivity contribution in [3.05, 3.63) is 45.2 Å². The van der Waals surface area contributed by atoms with E-state index >= 15 is 0 Å². The third-order valence-electron chi connectivity index (χ3n) is 2.85. The minimum atomic E-state index is 0.255. The van der Waals surface area contributed by atoms with Crippen molar-refractivity contribution in [3.8, 4) is 5.75 Å². The number of nitrogens with two attached hydrogens (primary N) is 1. The third kappa shape index (κ3) is 3.06. The lowest BCUT2D eigenvalue weighted by Crippen LogP contribution is -2.11. The molecule has 0 aliphatic heterocycles. The second kappa shape index (κ2) is 5.99. The normalized spacial score (nSPS) is 10.6. The average Bonchev–Trinajstić information content (AvgIpc) is 2.61. The van der Waals surface area contributed by atoms with Crippen LogP contribution in [0, 0.1) is 6.92 Å². The predicted octanol–water partition coefficient (Wildman–Crippen LogP) is 3.25. The molecule has 0 spiro atoms. The minimum Gasteiger partial charge on any atom is -0.488 e. The van der Waals surface area contributed by atoms with Crippen LogP contribution in [0.25, 0.3) is 0 Å². The van der Waals surface area contributed by atoms with Crippen LogP contribution in [-0.4, -0.2) is 14.8 Å². The molecule has 4 nitrogen and oxygen atoms in total. The Morgan fingerprint density at radius 3 is 2.70 bits per heavy atom. The summed E-state index contributed by atoms with van der Waals surface area (Å²) < 4.78 is 7.35. The van der Waals surface area contributed by atoms with E-state index in [4.69, 9.17) is 45.9 Å². The van der Waals surface area contributed by atoms with Gasteiger partial charge in [-0.2, -0.15) is 5.10 Å². The number of aromatic nitrogens is 2. The van der Waals surface area contributed by atoms with E-state index < -0.39 is 0 Å². The number of thiocarbonyl (C=S) groups is 1. The van der Waals surface area contributed by atoms with Gasteiger partial charge in [-0.25, -0.2) is 0 Å². The van der Waals surface area contributed by atoms with Crippen molar-refractivity contribution >= 4 is 40.4 Å². The van der Waals surface area contributed by atoms with Crippen molar-refractivity contribution in [2.75, 3.05) is 0 Å². The van der Waals surface area contributed by atoms with Crippen LogP contribution in [0.1, 0.15) is 16.8 Å². The van der Waals surface area contributed by atoms with Gasteiger partial charge in [-0.3, -0.25) is 4.68 Å². The first kappa shape index (κ1) is 15.1. The zero-order chi connectivity index (χ0) is 14.9. The van der Waals surface area contributed by atoms with Crippen LogP contribution in [0.2, 0.25) is 10.2 Å². The average molecular weight is 330 g/mol. The molecule has 0 saturated heterocycles. The Morgan fingerprint density at radius 1 is 1.45 bits per heavy atom. The monoisotopic (exact) mass is 329 g/mol. The van der Waals surface area contributed by atoms with E-state index in [-0.39, 0.29) is 11.6 Å². The van der Waals surface area contributed by atoms with Crippen LogP contribution in [-0.2, 0) is 13.7 Å². The van der Waals surface area contributed by atoms with Crippen molar-refractivity contribution in [3.63, 3.8) is 0 Å². The summed E-state index contributed by atoms with van der Waals surface area (Å²) in [6.45, 7) is 2.14. The van der Waals surface area contributed by atoms with Crippen LogP contribution in [0.3, 0.4) is 0 Å². The highest BCUT2D eigenvalue weighted by Gasteiger charge is 2.14. The number of hydrogen-bond acceptors (Lipinski definition) is 3. The molecule has 0 bridgehead atoms. The van der Waals surface area contributed by atoms with Gasteiger partial charge in [0.05, 0.1) is 11.3 Å². The van der Waals surface area contributed by atoms with Crippen molar-refractivity contribution in [1.82, 2.24) is 9.78 Å². The molecule has 1 aromatic carbocycles. The van der Waals surface area contributed by atoms with Gasteiger partial charge in [0.2, 0.25) is 0 Å². The van der Waals surface area contributed by atoms with Gasteiger partial charge in [0.15, 0.2) is 0 Å². The number of halogens is 2. The largest absolute Gasteiger partial charge is 0.488 e. The maximum Gasteiger partial charge on any atom is 0.133 e. The Balaban J connectivity index is 2.27. The van der Waals surface area contributed by atoms with Crippen molar-refractivity contribution < 1.29 is 4.74 Å². The summed E-state index contributed by atoms with van der Waals surface area (Å²) in [5.74, 6) is 0.532. The van der Waals surface area contributed by atoms with E-state index in [1.807, 2.05) is 6.92 Å². The molecule has 0 saturated carbocycles. The van der Waals surface area contributed by atoms with Crippen LogP contribution >= 0.6 is 35.4 Å². The van der Waals surface area contributed by atoms with Crippen LogP contribution in [0.5, 0.6) is 5.75 Å². The second-order valence-corrected chi connectivity index (χ2v) is 5.51.